The Balaban J connectivity index is 0.00000392. The van der Waals surface area contributed by atoms with E-state index in [1.807, 2.05) is 19.9 Å². The second-order valence-corrected chi connectivity index (χ2v) is 9.31. The highest BCUT2D eigenvalue weighted by Crippen LogP contribution is 2.30. The van der Waals surface area contributed by atoms with Gasteiger partial charge in [-0.3, -0.25) is 4.99 Å². The number of ether oxygens (including phenoxy) is 1. The zero-order valence-electron chi connectivity index (χ0n) is 16.7. The monoisotopic (exact) mass is 527 g/mol. The van der Waals surface area contributed by atoms with Crippen LogP contribution in [0.3, 0.4) is 0 Å². The molecule has 0 radical (unpaired) electrons. The molecule has 0 saturated heterocycles. The van der Waals surface area contributed by atoms with E-state index in [0.717, 1.165) is 18.4 Å². The van der Waals surface area contributed by atoms with Crippen LogP contribution < -0.4 is 15.4 Å². The summed E-state index contributed by atoms with van der Waals surface area (Å²) in [6.07, 6.45) is 4.01. The lowest BCUT2D eigenvalue weighted by atomic mass is 10.1. The highest BCUT2D eigenvalue weighted by Gasteiger charge is 2.22. The molecule has 1 aliphatic rings. The molecule has 1 aromatic carbocycles. The van der Waals surface area contributed by atoms with Crippen molar-refractivity contribution in [3.05, 3.63) is 29.6 Å². The van der Waals surface area contributed by atoms with E-state index in [1.165, 1.54) is 12.3 Å². The maximum Gasteiger partial charge on any atom is 0.191 e. The van der Waals surface area contributed by atoms with Crippen molar-refractivity contribution in [3.8, 4) is 5.75 Å². The first-order chi connectivity index (χ1) is 12.8. The van der Waals surface area contributed by atoms with Crippen molar-refractivity contribution in [2.24, 2.45) is 10.9 Å². The second kappa shape index (κ2) is 11.8. The molecule has 1 fully saturated rings. The summed E-state index contributed by atoms with van der Waals surface area (Å²) < 4.78 is 42.2. The smallest absolute Gasteiger partial charge is 0.191 e. The van der Waals surface area contributed by atoms with Crippen LogP contribution in [0.5, 0.6) is 5.75 Å². The fraction of sp³-hybridized carbons (Fsp3) is 0.632. The highest BCUT2D eigenvalue weighted by atomic mass is 127. The zero-order valence-corrected chi connectivity index (χ0v) is 19.8. The number of rotatable bonds is 10. The van der Waals surface area contributed by atoms with Crippen molar-refractivity contribution < 1.29 is 17.5 Å². The van der Waals surface area contributed by atoms with Gasteiger partial charge in [-0.2, -0.15) is 0 Å². The molecule has 160 valence electrons. The summed E-state index contributed by atoms with van der Waals surface area (Å²) in [5.41, 5.74) is 0.785. The normalized spacial score (nSPS) is 15.5. The Morgan fingerprint density at radius 3 is 2.68 bits per heavy atom. The fourth-order valence-corrected chi connectivity index (χ4v) is 3.18. The number of guanidine groups is 1. The van der Waals surface area contributed by atoms with Crippen LogP contribution in [0.15, 0.2) is 23.2 Å². The zero-order chi connectivity index (χ0) is 19.9. The highest BCUT2D eigenvalue weighted by molar-refractivity contribution is 14.0. The summed E-state index contributed by atoms with van der Waals surface area (Å²) >= 11 is 0. The molecule has 6 nitrogen and oxygen atoms in total. The average Bonchev–Trinajstić information content (AvgIpc) is 3.41. The van der Waals surface area contributed by atoms with E-state index in [9.17, 15) is 12.8 Å². The van der Waals surface area contributed by atoms with E-state index in [2.05, 4.69) is 15.6 Å². The van der Waals surface area contributed by atoms with E-state index >= 15 is 0 Å². The van der Waals surface area contributed by atoms with Gasteiger partial charge in [-0.1, -0.05) is 6.07 Å². The van der Waals surface area contributed by atoms with E-state index in [4.69, 9.17) is 4.74 Å². The van der Waals surface area contributed by atoms with Crippen LogP contribution in [0.25, 0.3) is 0 Å². The van der Waals surface area contributed by atoms with E-state index in [0.29, 0.717) is 43.7 Å². The van der Waals surface area contributed by atoms with Crippen LogP contribution in [0.4, 0.5) is 4.39 Å². The van der Waals surface area contributed by atoms with Gasteiger partial charge in [0.25, 0.3) is 0 Å². The Morgan fingerprint density at radius 2 is 2.11 bits per heavy atom. The van der Waals surface area contributed by atoms with Crippen molar-refractivity contribution in [1.82, 2.24) is 10.6 Å². The lowest BCUT2D eigenvalue weighted by Crippen LogP contribution is -2.38. The number of hydrogen-bond acceptors (Lipinski definition) is 4. The molecule has 0 spiro atoms. The number of hydrogen-bond donors (Lipinski definition) is 2. The largest absolute Gasteiger partial charge is 0.490 e. The summed E-state index contributed by atoms with van der Waals surface area (Å²) in [4.78, 5) is 4.39. The number of benzene rings is 1. The van der Waals surface area contributed by atoms with Crippen molar-refractivity contribution >= 4 is 39.8 Å². The predicted octanol–water partition coefficient (Wildman–Crippen LogP) is 3.28. The third-order valence-electron chi connectivity index (χ3n) is 4.27. The third kappa shape index (κ3) is 9.40. The van der Waals surface area contributed by atoms with E-state index in [-0.39, 0.29) is 41.6 Å². The number of sulfone groups is 1. The van der Waals surface area contributed by atoms with Crippen LogP contribution in [0.1, 0.15) is 44.7 Å². The van der Waals surface area contributed by atoms with Crippen molar-refractivity contribution in [2.45, 2.75) is 39.2 Å². The van der Waals surface area contributed by atoms with Crippen LogP contribution in [0, 0.1) is 11.7 Å². The summed E-state index contributed by atoms with van der Waals surface area (Å²) in [7, 11) is -2.98. The number of nitrogens with zero attached hydrogens (tertiary/aromatic N) is 1. The molecule has 28 heavy (non-hydrogen) atoms. The Morgan fingerprint density at radius 1 is 1.39 bits per heavy atom. The maximum absolute atomic E-state index is 14.3. The minimum absolute atomic E-state index is 0. The molecular formula is C19H31FIN3O3S. The van der Waals surface area contributed by atoms with Gasteiger partial charge in [-0.05, 0) is 56.7 Å². The molecule has 2 rings (SSSR count). The van der Waals surface area contributed by atoms with Gasteiger partial charge >= 0.3 is 0 Å². The average molecular weight is 527 g/mol. The molecule has 1 aliphatic carbocycles. The molecule has 0 amide bonds. The molecule has 1 atom stereocenters. The summed E-state index contributed by atoms with van der Waals surface area (Å²) in [6.45, 7) is 5.52. The third-order valence-corrected chi connectivity index (χ3v) is 5.30. The maximum atomic E-state index is 14.3. The Kier molecular flexibility index (Phi) is 10.5. The van der Waals surface area contributed by atoms with Crippen molar-refractivity contribution in [3.63, 3.8) is 0 Å². The van der Waals surface area contributed by atoms with Gasteiger partial charge in [0, 0.05) is 19.3 Å². The van der Waals surface area contributed by atoms with Gasteiger partial charge in [-0.25, -0.2) is 12.8 Å². The van der Waals surface area contributed by atoms with Gasteiger partial charge in [0.05, 0.1) is 18.4 Å². The predicted molar refractivity (Wildman–Crippen MR) is 122 cm³/mol. The van der Waals surface area contributed by atoms with Crippen LogP contribution in [0.2, 0.25) is 0 Å². The summed E-state index contributed by atoms with van der Waals surface area (Å²) in [5, 5.41) is 6.34. The summed E-state index contributed by atoms with van der Waals surface area (Å²) in [5.74, 6) is 1.19. The molecule has 1 aromatic rings. The fourth-order valence-electron chi connectivity index (χ4n) is 2.52. The second-order valence-electron chi connectivity index (χ2n) is 7.05. The van der Waals surface area contributed by atoms with Crippen LogP contribution >= 0.6 is 24.0 Å². The Hall–Kier alpha value is -1.10. The van der Waals surface area contributed by atoms with E-state index in [1.54, 1.807) is 6.07 Å². The molecular weight excluding hydrogens is 496 g/mol. The molecule has 0 aliphatic heterocycles. The molecule has 1 unspecified atom stereocenters. The van der Waals surface area contributed by atoms with Crippen LogP contribution in [-0.2, 0) is 9.84 Å². The lowest BCUT2D eigenvalue weighted by Gasteiger charge is -2.19. The number of halogens is 2. The van der Waals surface area contributed by atoms with Crippen LogP contribution in [-0.4, -0.2) is 46.1 Å². The SMILES string of the molecule is CCNC(=NCCCS(C)(=O)=O)NC(C)c1ccc(OCC2CC2)c(F)c1.I. The molecule has 0 heterocycles. The van der Waals surface area contributed by atoms with Gasteiger partial charge < -0.3 is 15.4 Å². The number of nitrogens with one attached hydrogen (secondary N) is 2. The Bertz CT molecular complexity index is 755. The minimum Gasteiger partial charge on any atom is -0.490 e. The quantitative estimate of drug-likeness (QED) is 0.211. The van der Waals surface area contributed by atoms with Gasteiger partial charge in [-0.15, -0.1) is 24.0 Å². The minimum atomic E-state index is -2.98. The van der Waals surface area contributed by atoms with Gasteiger partial charge in [0.2, 0.25) is 0 Å². The first kappa shape index (κ1) is 24.9. The summed E-state index contributed by atoms with van der Waals surface area (Å²) in [6, 6.07) is 4.83. The Labute approximate surface area is 184 Å². The van der Waals surface area contributed by atoms with Crippen molar-refractivity contribution in [1.29, 1.82) is 0 Å². The molecule has 0 bridgehead atoms. The molecule has 9 heteroatoms. The molecule has 2 N–H and O–H groups in total. The molecule has 1 saturated carbocycles. The first-order valence-electron chi connectivity index (χ1n) is 9.43. The first-order valence-corrected chi connectivity index (χ1v) is 11.5. The molecule has 0 aromatic heterocycles. The van der Waals surface area contributed by atoms with Gasteiger partial charge in [0.1, 0.15) is 9.84 Å². The lowest BCUT2D eigenvalue weighted by molar-refractivity contribution is 0.285. The van der Waals surface area contributed by atoms with E-state index < -0.39 is 9.84 Å². The standard InChI is InChI=1S/C19H30FN3O3S.HI/c1-4-21-19(22-10-5-11-27(3,24)25)23-14(2)16-8-9-18(17(20)12-16)26-13-15-6-7-15;/h8-9,12,14-15H,4-7,10-11,13H2,1-3H3,(H2,21,22,23);1H. The van der Waals surface area contributed by atoms with Crippen molar-refractivity contribution in [2.75, 3.05) is 31.7 Å². The van der Waals surface area contributed by atoms with Gasteiger partial charge in [0.15, 0.2) is 17.5 Å². The number of aliphatic imine (C=N–C) groups is 1. The topological polar surface area (TPSA) is 79.8 Å².